The van der Waals surface area contributed by atoms with Gasteiger partial charge in [0, 0.05) is 18.7 Å². The van der Waals surface area contributed by atoms with Crippen LogP contribution in [0.25, 0.3) is 10.2 Å². The zero-order valence-electron chi connectivity index (χ0n) is 14.7. The van der Waals surface area contributed by atoms with E-state index in [4.69, 9.17) is 9.47 Å². The van der Waals surface area contributed by atoms with Crippen molar-refractivity contribution in [3.8, 4) is 5.75 Å². The van der Waals surface area contributed by atoms with Crippen molar-refractivity contribution in [3.05, 3.63) is 53.0 Å². The van der Waals surface area contributed by atoms with Gasteiger partial charge in [0.15, 0.2) is 0 Å². The minimum absolute atomic E-state index is 0.0567. The second kappa shape index (κ2) is 7.51. The summed E-state index contributed by atoms with van der Waals surface area (Å²) in [4.78, 5) is 12.8. The molecule has 0 saturated carbocycles. The number of nitrogens with zero attached hydrogens (tertiary/aromatic N) is 1. The van der Waals surface area contributed by atoms with Crippen LogP contribution < -0.4 is 10.1 Å². The lowest BCUT2D eigenvalue weighted by atomic mass is 10.2. The maximum atomic E-state index is 12.8. The molecule has 1 fully saturated rings. The largest absolute Gasteiger partial charge is 0.496 e. The van der Waals surface area contributed by atoms with E-state index in [-0.39, 0.29) is 12.0 Å². The monoisotopic (exact) mass is 370 g/mol. The van der Waals surface area contributed by atoms with Gasteiger partial charge in [-0.05, 0) is 36.4 Å². The molecule has 1 aromatic carbocycles. The Hall–Kier alpha value is -2.31. The molecule has 1 aliphatic heterocycles. The zero-order chi connectivity index (χ0) is 17.9. The molecule has 2 aromatic heterocycles. The number of para-hydroxylation sites is 1. The normalized spacial score (nSPS) is 16.9. The van der Waals surface area contributed by atoms with Gasteiger partial charge in [-0.25, -0.2) is 0 Å². The van der Waals surface area contributed by atoms with E-state index in [1.807, 2.05) is 30.3 Å². The van der Waals surface area contributed by atoms with Crippen LogP contribution in [0.5, 0.6) is 5.75 Å². The molecule has 0 aliphatic carbocycles. The molecule has 1 N–H and O–H groups in total. The maximum Gasteiger partial charge on any atom is 0.268 e. The maximum absolute atomic E-state index is 12.8. The van der Waals surface area contributed by atoms with Gasteiger partial charge < -0.3 is 19.4 Å². The quantitative estimate of drug-likeness (QED) is 0.720. The first-order valence-electron chi connectivity index (χ1n) is 8.84. The molecule has 1 saturated heterocycles. The molecule has 136 valence electrons. The second-order valence-corrected chi connectivity index (χ2v) is 7.39. The number of carbonyl (C=O) groups is 1. The fourth-order valence-corrected chi connectivity index (χ4v) is 4.26. The molecule has 0 unspecified atom stereocenters. The van der Waals surface area contributed by atoms with E-state index in [1.54, 1.807) is 18.4 Å². The number of benzene rings is 1. The van der Waals surface area contributed by atoms with E-state index in [2.05, 4.69) is 21.3 Å². The Morgan fingerprint density at radius 3 is 3.08 bits per heavy atom. The molecule has 1 amide bonds. The van der Waals surface area contributed by atoms with E-state index in [1.165, 1.54) is 0 Å². The summed E-state index contributed by atoms with van der Waals surface area (Å²) in [6.07, 6.45) is 2.22. The highest BCUT2D eigenvalue weighted by molar-refractivity contribution is 7.17. The lowest BCUT2D eigenvalue weighted by molar-refractivity contribution is 0.0851. The van der Waals surface area contributed by atoms with Gasteiger partial charge in [0.1, 0.15) is 11.4 Å². The molecule has 6 heteroatoms. The highest BCUT2D eigenvalue weighted by atomic mass is 32.1. The second-order valence-electron chi connectivity index (χ2n) is 6.44. The summed E-state index contributed by atoms with van der Waals surface area (Å²) in [6.45, 7) is 1.94. The highest BCUT2D eigenvalue weighted by Crippen LogP contribution is 2.28. The topological polar surface area (TPSA) is 52.5 Å². The molecule has 4 rings (SSSR count). The van der Waals surface area contributed by atoms with Crippen LogP contribution in [0.3, 0.4) is 0 Å². The van der Waals surface area contributed by atoms with E-state index >= 15 is 0 Å². The third-order valence-electron chi connectivity index (χ3n) is 4.79. The lowest BCUT2D eigenvalue weighted by Crippen LogP contribution is -2.33. The fourth-order valence-electron chi connectivity index (χ4n) is 3.44. The lowest BCUT2D eigenvalue weighted by Gasteiger charge is -2.14. The van der Waals surface area contributed by atoms with Crippen LogP contribution >= 0.6 is 11.3 Å². The molecule has 0 radical (unpaired) electrons. The van der Waals surface area contributed by atoms with Crippen molar-refractivity contribution in [3.63, 3.8) is 0 Å². The summed E-state index contributed by atoms with van der Waals surface area (Å²) in [7, 11) is 1.67. The van der Waals surface area contributed by atoms with Crippen molar-refractivity contribution < 1.29 is 14.3 Å². The van der Waals surface area contributed by atoms with E-state index in [0.717, 1.165) is 41.0 Å². The van der Waals surface area contributed by atoms with Gasteiger partial charge in [-0.2, -0.15) is 0 Å². The average molecular weight is 370 g/mol. The van der Waals surface area contributed by atoms with E-state index in [0.29, 0.717) is 18.8 Å². The molecule has 1 aliphatic rings. The Morgan fingerprint density at radius 2 is 2.27 bits per heavy atom. The number of methoxy groups -OCH3 is 1. The minimum atomic E-state index is -0.0567. The summed E-state index contributed by atoms with van der Waals surface area (Å²) in [5, 5.41) is 5.09. The standard InChI is InChI=1S/C20H22N2O3S/c1-24-18-7-3-2-5-14(18)13-22-16-8-10-26-19(16)11-17(22)20(23)21-12-15-6-4-9-25-15/h2-3,5,7-8,10-11,15H,4,6,9,12-13H2,1H3,(H,21,23)/t15-/m1/s1. The van der Waals surface area contributed by atoms with Gasteiger partial charge in [0.25, 0.3) is 5.91 Å². The first kappa shape index (κ1) is 17.1. The molecule has 0 spiro atoms. The van der Waals surface area contributed by atoms with Gasteiger partial charge in [-0.1, -0.05) is 18.2 Å². The molecule has 1 atom stereocenters. The van der Waals surface area contributed by atoms with E-state index in [9.17, 15) is 4.79 Å². The first-order chi connectivity index (χ1) is 12.8. The molecular weight excluding hydrogens is 348 g/mol. The summed E-state index contributed by atoms with van der Waals surface area (Å²) in [5.74, 6) is 0.772. The molecule has 26 heavy (non-hydrogen) atoms. The Kier molecular flexibility index (Phi) is 4.95. The summed E-state index contributed by atoms with van der Waals surface area (Å²) >= 11 is 1.65. The van der Waals surface area contributed by atoms with Crippen LogP contribution in [0.4, 0.5) is 0 Å². The van der Waals surface area contributed by atoms with Crippen LogP contribution in [0.15, 0.2) is 41.8 Å². The Bertz CT molecular complexity index is 909. The van der Waals surface area contributed by atoms with Crippen molar-refractivity contribution in [1.82, 2.24) is 9.88 Å². The fraction of sp³-hybridized carbons (Fsp3) is 0.350. The van der Waals surface area contributed by atoms with Gasteiger partial charge in [0.05, 0.1) is 30.0 Å². The summed E-state index contributed by atoms with van der Waals surface area (Å²) in [6, 6.07) is 12.0. The van der Waals surface area contributed by atoms with Crippen molar-refractivity contribution in [2.75, 3.05) is 20.3 Å². The molecule has 3 aromatic rings. The number of hydrogen-bond donors (Lipinski definition) is 1. The molecule has 0 bridgehead atoms. The predicted octanol–water partition coefficient (Wildman–Crippen LogP) is 3.67. The molecular formula is C20H22N2O3S. The minimum Gasteiger partial charge on any atom is -0.496 e. The Labute approximate surface area is 156 Å². The smallest absolute Gasteiger partial charge is 0.268 e. The SMILES string of the molecule is COc1ccccc1Cn1c(C(=O)NC[C@H]2CCCO2)cc2sccc21. The number of hydrogen-bond acceptors (Lipinski definition) is 4. The predicted molar refractivity (Wildman–Crippen MR) is 103 cm³/mol. The number of amides is 1. The molecule has 5 nitrogen and oxygen atoms in total. The van der Waals surface area contributed by atoms with E-state index < -0.39 is 0 Å². The Morgan fingerprint density at radius 1 is 1.38 bits per heavy atom. The number of aromatic nitrogens is 1. The van der Waals surface area contributed by atoms with Crippen molar-refractivity contribution in [2.24, 2.45) is 0 Å². The Balaban J connectivity index is 1.61. The van der Waals surface area contributed by atoms with Crippen molar-refractivity contribution >= 4 is 27.5 Å². The number of carbonyl (C=O) groups excluding carboxylic acids is 1. The molecule has 3 heterocycles. The van der Waals surface area contributed by atoms with Gasteiger partial charge in [-0.15, -0.1) is 11.3 Å². The average Bonchev–Trinajstić information content (AvgIpc) is 3.39. The number of nitrogens with one attached hydrogen (secondary N) is 1. The van der Waals surface area contributed by atoms with Gasteiger partial charge in [0.2, 0.25) is 0 Å². The zero-order valence-corrected chi connectivity index (χ0v) is 15.6. The highest BCUT2D eigenvalue weighted by Gasteiger charge is 2.20. The van der Waals surface area contributed by atoms with Crippen LogP contribution in [0, 0.1) is 0 Å². The van der Waals surface area contributed by atoms with Crippen LogP contribution in [0.2, 0.25) is 0 Å². The van der Waals surface area contributed by atoms with Gasteiger partial charge >= 0.3 is 0 Å². The summed E-state index contributed by atoms with van der Waals surface area (Å²) in [5.41, 5.74) is 2.80. The van der Waals surface area contributed by atoms with Crippen molar-refractivity contribution in [1.29, 1.82) is 0 Å². The number of thiophene rings is 1. The third kappa shape index (κ3) is 3.34. The van der Waals surface area contributed by atoms with Crippen molar-refractivity contribution in [2.45, 2.75) is 25.5 Å². The van der Waals surface area contributed by atoms with Crippen LogP contribution in [-0.4, -0.2) is 36.8 Å². The number of fused-ring (bicyclic) bond motifs is 1. The number of rotatable bonds is 6. The number of ether oxygens (including phenoxy) is 2. The summed E-state index contributed by atoms with van der Waals surface area (Å²) < 4.78 is 14.3. The van der Waals surface area contributed by atoms with Crippen LogP contribution in [-0.2, 0) is 11.3 Å². The van der Waals surface area contributed by atoms with Crippen LogP contribution in [0.1, 0.15) is 28.9 Å². The van der Waals surface area contributed by atoms with Gasteiger partial charge in [-0.3, -0.25) is 4.79 Å². The third-order valence-corrected chi connectivity index (χ3v) is 5.64. The first-order valence-corrected chi connectivity index (χ1v) is 9.72.